The second-order valence-electron chi connectivity index (χ2n) is 5.13. The number of aromatic nitrogens is 1. The van der Waals surface area contributed by atoms with E-state index in [9.17, 15) is 4.79 Å². The highest BCUT2D eigenvalue weighted by Gasteiger charge is 2.19. The van der Waals surface area contributed by atoms with E-state index in [1.165, 1.54) is 6.20 Å². The monoisotopic (exact) mass is 270 g/mol. The summed E-state index contributed by atoms with van der Waals surface area (Å²) in [4.78, 5) is 16.0. The normalized spacial score (nSPS) is 11.4. The Labute approximate surface area is 112 Å². The number of amides is 1. The maximum atomic E-state index is 11.9. The van der Waals surface area contributed by atoms with Gasteiger partial charge in [-0.1, -0.05) is 25.4 Å². The predicted molar refractivity (Wildman–Crippen MR) is 71.8 cm³/mol. The molecule has 0 aliphatic rings. The third kappa shape index (κ3) is 4.27. The lowest BCUT2D eigenvalue weighted by atomic mass is 9.90. The molecule has 0 saturated heterocycles. The van der Waals surface area contributed by atoms with Crippen LogP contribution >= 0.6 is 11.6 Å². The molecule has 0 spiro atoms. The summed E-state index contributed by atoms with van der Waals surface area (Å²) in [5.41, 5.74) is 1.01. The molecule has 1 rings (SSSR count). The molecule has 1 aromatic rings. The lowest BCUT2D eigenvalue weighted by Crippen LogP contribution is -2.34. The SMILES string of the molecule is Cc1cc(Cl)c(C(=O)NCC(C)(C)CCO)cn1. The van der Waals surface area contributed by atoms with E-state index in [2.05, 4.69) is 10.3 Å². The number of nitrogens with zero attached hydrogens (tertiary/aromatic N) is 1. The second kappa shape index (κ2) is 6.16. The fourth-order valence-corrected chi connectivity index (χ4v) is 1.79. The highest BCUT2D eigenvalue weighted by Crippen LogP contribution is 2.19. The van der Waals surface area contributed by atoms with Crippen molar-refractivity contribution in [2.45, 2.75) is 27.2 Å². The molecule has 1 heterocycles. The molecule has 5 heteroatoms. The van der Waals surface area contributed by atoms with E-state index in [1.54, 1.807) is 6.07 Å². The predicted octanol–water partition coefficient (Wildman–Crippen LogP) is 2.18. The summed E-state index contributed by atoms with van der Waals surface area (Å²) >= 11 is 5.99. The first-order chi connectivity index (χ1) is 8.35. The zero-order chi connectivity index (χ0) is 13.8. The molecule has 2 N–H and O–H groups in total. The molecule has 0 unspecified atom stereocenters. The summed E-state index contributed by atoms with van der Waals surface area (Å²) in [6.45, 7) is 6.38. The molecule has 18 heavy (non-hydrogen) atoms. The lowest BCUT2D eigenvalue weighted by Gasteiger charge is -2.23. The summed E-state index contributed by atoms with van der Waals surface area (Å²) < 4.78 is 0. The number of carbonyl (C=O) groups excluding carboxylic acids is 1. The minimum atomic E-state index is -0.237. The summed E-state index contributed by atoms with van der Waals surface area (Å²) in [6, 6.07) is 1.66. The van der Waals surface area contributed by atoms with Gasteiger partial charge in [-0.3, -0.25) is 9.78 Å². The van der Waals surface area contributed by atoms with Gasteiger partial charge in [-0.15, -0.1) is 0 Å². The van der Waals surface area contributed by atoms with Gasteiger partial charge in [-0.25, -0.2) is 0 Å². The Morgan fingerprint density at radius 3 is 2.78 bits per heavy atom. The van der Waals surface area contributed by atoms with Crippen molar-refractivity contribution in [2.24, 2.45) is 5.41 Å². The first-order valence-electron chi connectivity index (χ1n) is 5.87. The van der Waals surface area contributed by atoms with Crippen LogP contribution in [0.25, 0.3) is 0 Å². The van der Waals surface area contributed by atoms with Gasteiger partial charge in [-0.2, -0.15) is 0 Å². The van der Waals surface area contributed by atoms with Gasteiger partial charge in [0.2, 0.25) is 0 Å². The van der Waals surface area contributed by atoms with Gasteiger partial charge in [0.25, 0.3) is 5.91 Å². The zero-order valence-electron chi connectivity index (χ0n) is 11.0. The van der Waals surface area contributed by atoms with Gasteiger partial charge in [0.15, 0.2) is 0 Å². The van der Waals surface area contributed by atoms with E-state index in [4.69, 9.17) is 16.7 Å². The number of hydrogen-bond donors (Lipinski definition) is 2. The molecule has 0 fully saturated rings. The molecule has 0 saturated carbocycles. The van der Waals surface area contributed by atoms with Crippen LogP contribution in [0.5, 0.6) is 0 Å². The van der Waals surface area contributed by atoms with Gasteiger partial charge in [0.1, 0.15) is 0 Å². The highest BCUT2D eigenvalue weighted by molar-refractivity contribution is 6.33. The number of aryl methyl sites for hydroxylation is 1. The molecule has 0 aliphatic heterocycles. The zero-order valence-corrected chi connectivity index (χ0v) is 11.7. The number of rotatable bonds is 5. The second-order valence-corrected chi connectivity index (χ2v) is 5.53. The van der Waals surface area contributed by atoms with E-state index >= 15 is 0 Å². The summed E-state index contributed by atoms with van der Waals surface area (Å²) in [5, 5.41) is 12.1. The first-order valence-corrected chi connectivity index (χ1v) is 6.25. The van der Waals surface area contributed by atoms with Crippen molar-refractivity contribution >= 4 is 17.5 Å². The minimum absolute atomic E-state index is 0.107. The fraction of sp³-hybridized carbons (Fsp3) is 0.538. The van der Waals surface area contributed by atoms with Crippen molar-refractivity contribution in [1.29, 1.82) is 0 Å². The average molecular weight is 271 g/mol. The third-order valence-corrected chi connectivity index (χ3v) is 3.06. The molecular formula is C13H19ClN2O2. The Morgan fingerprint density at radius 2 is 2.22 bits per heavy atom. The maximum absolute atomic E-state index is 11.9. The maximum Gasteiger partial charge on any atom is 0.254 e. The van der Waals surface area contributed by atoms with Crippen molar-refractivity contribution < 1.29 is 9.90 Å². The molecule has 0 radical (unpaired) electrons. The molecule has 1 amide bonds. The molecule has 0 aromatic carbocycles. The van der Waals surface area contributed by atoms with Crippen LogP contribution in [-0.4, -0.2) is 29.1 Å². The van der Waals surface area contributed by atoms with Crippen LogP contribution in [0, 0.1) is 12.3 Å². The Kier molecular flexibility index (Phi) is 5.11. The number of pyridine rings is 1. The van der Waals surface area contributed by atoms with Crippen LogP contribution in [0.4, 0.5) is 0 Å². The Balaban J connectivity index is 2.66. The van der Waals surface area contributed by atoms with Crippen LogP contribution in [0.15, 0.2) is 12.3 Å². The van der Waals surface area contributed by atoms with E-state index in [0.717, 1.165) is 5.69 Å². The van der Waals surface area contributed by atoms with E-state index in [1.807, 2.05) is 20.8 Å². The molecule has 0 aliphatic carbocycles. The topological polar surface area (TPSA) is 62.2 Å². The van der Waals surface area contributed by atoms with Crippen molar-refractivity contribution in [3.8, 4) is 0 Å². The Hall–Kier alpha value is -1.13. The number of hydrogen-bond acceptors (Lipinski definition) is 3. The highest BCUT2D eigenvalue weighted by atomic mass is 35.5. The van der Waals surface area contributed by atoms with Gasteiger partial charge in [-0.05, 0) is 24.8 Å². The summed E-state index contributed by atoms with van der Waals surface area (Å²) in [7, 11) is 0. The number of aliphatic hydroxyl groups is 1. The molecule has 4 nitrogen and oxygen atoms in total. The average Bonchev–Trinajstić information content (AvgIpc) is 2.26. The van der Waals surface area contributed by atoms with Gasteiger partial charge in [0, 0.05) is 25.0 Å². The van der Waals surface area contributed by atoms with E-state index < -0.39 is 0 Å². The Bertz CT molecular complexity index is 433. The van der Waals surface area contributed by atoms with Crippen molar-refractivity contribution in [1.82, 2.24) is 10.3 Å². The van der Waals surface area contributed by atoms with Gasteiger partial charge < -0.3 is 10.4 Å². The molecule has 100 valence electrons. The number of carbonyl (C=O) groups is 1. The quantitative estimate of drug-likeness (QED) is 0.862. The third-order valence-electron chi connectivity index (χ3n) is 2.75. The minimum Gasteiger partial charge on any atom is -0.396 e. The fourth-order valence-electron chi connectivity index (χ4n) is 1.50. The molecule has 0 bridgehead atoms. The lowest BCUT2D eigenvalue weighted by molar-refractivity contribution is 0.0928. The van der Waals surface area contributed by atoms with E-state index in [0.29, 0.717) is 23.6 Å². The van der Waals surface area contributed by atoms with Gasteiger partial charge in [0.05, 0.1) is 10.6 Å². The summed E-state index contributed by atoms with van der Waals surface area (Å²) in [6.07, 6.45) is 2.11. The molecule has 1 aromatic heterocycles. The van der Waals surface area contributed by atoms with Crippen LogP contribution in [-0.2, 0) is 0 Å². The first kappa shape index (κ1) is 14.9. The van der Waals surface area contributed by atoms with E-state index in [-0.39, 0.29) is 17.9 Å². The smallest absolute Gasteiger partial charge is 0.254 e. The van der Waals surface area contributed by atoms with Crippen LogP contribution in [0.3, 0.4) is 0 Å². The summed E-state index contributed by atoms with van der Waals surface area (Å²) in [5.74, 6) is -0.237. The molecule has 0 atom stereocenters. The van der Waals surface area contributed by atoms with Crippen molar-refractivity contribution in [3.05, 3.63) is 28.5 Å². The number of halogens is 1. The van der Waals surface area contributed by atoms with Crippen LogP contribution in [0.2, 0.25) is 5.02 Å². The standard InChI is InChI=1S/C13H19ClN2O2/c1-9-6-11(14)10(7-15-9)12(18)16-8-13(2,3)4-5-17/h6-7,17H,4-5,8H2,1-3H3,(H,16,18). The number of aliphatic hydroxyl groups excluding tert-OH is 1. The van der Waals surface area contributed by atoms with Crippen molar-refractivity contribution in [2.75, 3.05) is 13.2 Å². The largest absolute Gasteiger partial charge is 0.396 e. The van der Waals surface area contributed by atoms with Crippen LogP contribution < -0.4 is 5.32 Å². The van der Waals surface area contributed by atoms with Crippen LogP contribution in [0.1, 0.15) is 36.3 Å². The van der Waals surface area contributed by atoms with Gasteiger partial charge >= 0.3 is 0 Å². The number of nitrogens with one attached hydrogen (secondary N) is 1. The van der Waals surface area contributed by atoms with Crippen molar-refractivity contribution in [3.63, 3.8) is 0 Å². The molecular weight excluding hydrogens is 252 g/mol. The Morgan fingerprint density at radius 1 is 1.56 bits per heavy atom.